The number of unbranched alkanes of at least 4 members (excludes halogenated alkanes) is 1. The second-order valence-electron chi connectivity index (χ2n) is 5.31. The predicted octanol–water partition coefficient (Wildman–Crippen LogP) is 4.00. The summed E-state index contributed by atoms with van der Waals surface area (Å²) in [5.41, 5.74) is 3.36. The molecular formula is C19H21IN2O3. The second-order valence-corrected chi connectivity index (χ2v) is 6.55. The maximum Gasteiger partial charge on any atom is 0.277 e. The van der Waals surface area contributed by atoms with Crippen LogP contribution in [0.5, 0.6) is 11.5 Å². The first-order valence-electron chi connectivity index (χ1n) is 8.10. The van der Waals surface area contributed by atoms with Gasteiger partial charge in [0.25, 0.3) is 5.91 Å². The summed E-state index contributed by atoms with van der Waals surface area (Å²) in [5.74, 6) is 1.09. The lowest BCUT2D eigenvalue weighted by Crippen LogP contribution is -2.24. The van der Waals surface area contributed by atoms with Crippen molar-refractivity contribution < 1.29 is 14.3 Å². The van der Waals surface area contributed by atoms with Crippen LogP contribution in [0.4, 0.5) is 0 Å². The fourth-order valence-electron chi connectivity index (χ4n) is 1.88. The minimum Gasteiger partial charge on any atom is -0.494 e. The van der Waals surface area contributed by atoms with E-state index in [0.717, 1.165) is 27.7 Å². The zero-order valence-corrected chi connectivity index (χ0v) is 16.2. The Hall–Kier alpha value is -2.09. The number of nitrogens with zero attached hydrogens (tertiary/aromatic N) is 1. The topological polar surface area (TPSA) is 59.9 Å². The number of amides is 1. The Bertz CT molecular complexity index is 685. The van der Waals surface area contributed by atoms with Gasteiger partial charge in [0.15, 0.2) is 6.61 Å². The minimum absolute atomic E-state index is 0.0972. The summed E-state index contributed by atoms with van der Waals surface area (Å²) in [6.45, 7) is 2.73. The van der Waals surface area contributed by atoms with Gasteiger partial charge < -0.3 is 9.47 Å². The molecule has 0 saturated carbocycles. The van der Waals surface area contributed by atoms with E-state index in [2.05, 4.69) is 40.0 Å². The molecule has 1 amide bonds. The maximum absolute atomic E-state index is 11.7. The summed E-state index contributed by atoms with van der Waals surface area (Å²) < 4.78 is 12.1. The Balaban J connectivity index is 1.71. The van der Waals surface area contributed by atoms with Crippen molar-refractivity contribution in [2.45, 2.75) is 19.8 Å². The van der Waals surface area contributed by atoms with Crippen LogP contribution in [0, 0.1) is 3.57 Å². The van der Waals surface area contributed by atoms with E-state index in [-0.39, 0.29) is 12.5 Å². The molecule has 0 bridgehead atoms. The number of nitrogens with one attached hydrogen (secondary N) is 1. The molecule has 0 aliphatic rings. The number of ether oxygens (including phenoxy) is 2. The van der Waals surface area contributed by atoms with Gasteiger partial charge in [-0.1, -0.05) is 25.5 Å². The van der Waals surface area contributed by atoms with Crippen molar-refractivity contribution in [1.29, 1.82) is 0 Å². The molecule has 25 heavy (non-hydrogen) atoms. The summed E-state index contributed by atoms with van der Waals surface area (Å²) in [5, 5.41) is 3.91. The number of hydrogen-bond donors (Lipinski definition) is 1. The van der Waals surface area contributed by atoms with Crippen molar-refractivity contribution in [3.05, 3.63) is 57.7 Å². The van der Waals surface area contributed by atoms with Gasteiger partial charge in [0.1, 0.15) is 11.5 Å². The first-order chi connectivity index (χ1) is 12.2. The first kappa shape index (κ1) is 19.2. The van der Waals surface area contributed by atoms with Crippen molar-refractivity contribution in [2.75, 3.05) is 13.2 Å². The average molecular weight is 452 g/mol. The molecule has 0 fully saturated rings. The Morgan fingerprint density at radius 2 is 1.72 bits per heavy atom. The van der Waals surface area contributed by atoms with Crippen LogP contribution in [0.15, 0.2) is 53.6 Å². The molecule has 0 spiro atoms. The predicted molar refractivity (Wildman–Crippen MR) is 107 cm³/mol. The minimum atomic E-state index is -0.315. The van der Waals surface area contributed by atoms with Crippen molar-refractivity contribution >= 4 is 34.7 Å². The molecule has 0 heterocycles. The zero-order valence-electron chi connectivity index (χ0n) is 14.1. The molecule has 5 nitrogen and oxygen atoms in total. The van der Waals surface area contributed by atoms with E-state index in [1.807, 2.05) is 36.4 Å². The summed E-state index contributed by atoms with van der Waals surface area (Å²) in [6, 6.07) is 15.0. The fraction of sp³-hybridized carbons (Fsp3) is 0.263. The molecular weight excluding hydrogens is 431 g/mol. The molecule has 0 atom stereocenters. The smallest absolute Gasteiger partial charge is 0.277 e. The molecule has 2 rings (SSSR count). The van der Waals surface area contributed by atoms with Gasteiger partial charge >= 0.3 is 0 Å². The van der Waals surface area contributed by atoms with E-state index in [1.54, 1.807) is 18.3 Å². The van der Waals surface area contributed by atoms with Crippen molar-refractivity contribution in [3.8, 4) is 11.5 Å². The molecule has 0 radical (unpaired) electrons. The maximum atomic E-state index is 11.7. The molecule has 1 N–H and O–H groups in total. The highest BCUT2D eigenvalue weighted by Crippen LogP contribution is 2.17. The molecule has 0 aliphatic heterocycles. The number of hydrogen-bond acceptors (Lipinski definition) is 4. The Labute approximate surface area is 161 Å². The number of carbonyl (C=O) groups excluding carboxylic acids is 1. The van der Waals surface area contributed by atoms with Gasteiger partial charge in [0, 0.05) is 3.57 Å². The highest BCUT2D eigenvalue weighted by Gasteiger charge is 2.02. The van der Waals surface area contributed by atoms with Crippen LogP contribution in [-0.2, 0) is 4.79 Å². The highest BCUT2D eigenvalue weighted by atomic mass is 127. The molecule has 0 unspecified atom stereocenters. The normalized spacial score (nSPS) is 10.6. The molecule has 6 heteroatoms. The standard InChI is InChI=1S/C19H21IN2O3/c1-2-3-12-24-17-8-10-18(11-9-17)25-14-19(23)22-21-13-15-4-6-16(20)7-5-15/h4-11,13H,2-3,12,14H2,1H3,(H,22,23). The van der Waals surface area contributed by atoms with Crippen LogP contribution in [0.3, 0.4) is 0 Å². The highest BCUT2D eigenvalue weighted by molar-refractivity contribution is 14.1. The van der Waals surface area contributed by atoms with Gasteiger partial charge in [-0.15, -0.1) is 0 Å². The van der Waals surface area contributed by atoms with E-state index in [1.165, 1.54) is 0 Å². The van der Waals surface area contributed by atoms with Gasteiger partial charge in [-0.25, -0.2) is 5.43 Å². The lowest BCUT2D eigenvalue weighted by molar-refractivity contribution is -0.123. The summed E-state index contributed by atoms with van der Waals surface area (Å²) >= 11 is 2.23. The van der Waals surface area contributed by atoms with Crippen molar-refractivity contribution in [2.24, 2.45) is 5.10 Å². The Kier molecular flexibility index (Phi) is 8.24. The first-order valence-corrected chi connectivity index (χ1v) is 9.18. The van der Waals surface area contributed by atoms with E-state index in [9.17, 15) is 4.79 Å². The Morgan fingerprint density at radius 1 is 1.08 bits per heavy atom. The van der Waals surface area contributed by atoms with Gasteiger partial charge in [0.2, 0.25) is 0 Å². The van der Waals surface area contributed by atoms with Gasteiger partial charge in [-0.2, -0.15) is 5.10 Å². The van der Waals surface area contributed by atoms with Gasteiger partial charge in [-0.05, 0) is 71.0 Å². The third-order valence-electron chi connectivity index (χ3n) is 3.23. The van der Waals surface area contributed by atoms with E-state index in [4.69, 9.17) is 9.47 Å². The van der Waals surface area contributed by atoms with E-state index in [0.29, 0.717) is 12.4 Å². The number of halogens is 1. The van der Waals surface area contributed by atoms with Gasteiger partial charge in [0.05, 0.1) is 12.8 Å². The van der Waals surface area contributed by atoms with Crippen LogP contribution in [0.25, 0.3) is 0 Å². The lowest BCUT2D eigenvalue weighted by Gasteiger charge is -2.07. The largest absolute Gasteiger partial charge is 0.494 e. The number of carbonyl (C=O) groups is 1. The molecule has 0 aromatic heterocycles. The average Bonchev–Trinajstić information content (AvgIpc) is 2.63. The van der Waals surface area contributed by atoms with Crippen molar-refractivity contribution in [3.63, 3.8) is 0 Å². The lowest BCUT2D eigenvalue weighted by atomic mass is 10.2. The number of rotatable bonds is 9. The summed E-state index contributed by atoms with van der Waals surface area (Å²) in [4.78, 5) is 11.7. The fourth-order valence-corrected chi connectivity index (χ4v) is 2.23. The quantitative estimate of drug-likeness (QED) is 0.271. The molecule has 132 valence electrons. The summed E-state index contributed by atoms with van der Waals surface area (Å²) in [7, 11) is 0. The third kappa shape index (κ3) is 7.55. The van der Waals surface area contributed by atoms with E-state index < -0.39 is 0 Å². The van der Waals surface area contributed by atoms with Crippen LogP contribution in [-0.4, -0.2) is 25.3 Å². The van der Waals surface area contributed by atoms with Gasteiger partial charge in [-0.3, -0.25) is 4.79 Å². The molecule has 2 aromatic rings. The molecule has 2 aromatic carbocycles. The van der Waals surface area contributed by atoms with Crippen LogP contribution in [0.2, 0.25) is 0 Å². The molecule has 0 saturated heterocycles. The van der Waals surface area contributed by atoms with Crippen LogP contribution < -0.4 is 14.9 Å². The van der Waals surface area contributed by atoms with Crippen LogP contribution >= 0.6 is 22.6 Å². The number of benzene rings is 2. The van der Waals surface area contributed by atoms with Crippen molar-refractivity contribution in [1.82, 2.24) is 5.43 Å². The summed E-state index contributed by atoms with van der Waals surface area (Å²) in [6.07, 6.45) is 3.72. The SMILES string of the molecule is CCCCOc1ccc(OCC(=O)NN=Cc2ccc(I)cc2)cc1. The number of hydrazone groups is 1. The molecule has 0 aliphatic carbocycles. The third-order valence-corrected chi connectivity index (χ3v) is 3.95. The van der Waals surface area contributed by atoms with Crippen LogP contribution in [0.1, 0.15) is 25.3 Å². The second kappa shape index (κ2) is 10.7. The van der Waals surface area contributed by atoms with E-state index >= 15 is 0 Å². The zero-order chi connectivity index (χ0) is 17.9. The monoisotopic (exact) mass is 452 g/mol. The Morgan fingerprint density at radius 3 is 2.36 bits per heavy atom.